The zero-order valence-electron chi connectivity index (χ0n) is 26.7. The van der Waals surface area contributed by atoms with E-state index in [0.717, 1.165) is 24.8 Å². The van der Waals surface area contributed by atoms with Crippen LogP contribution in [0.3, 0.4) is 0 Å². The summed E-state index contributed by atoms with van der Waals surface area (Å²) in [6, 6.07) is 7.24. The second kappa shape index (κ2) is 12.7. The van der Waals surface area contributed by atoms with Crippen molar-refractivity contribution >= 4 is 17.5 Å². The molecule has 2 aromatic heterocycles. The molecule has 0 bridgehead atoms. The fourth-order valence-corrected chi connectivity index (χ4v) is 5.23. The molecule has 3 atom stereocenters. The van der Waals surface area contributed by atoms with Crippen molar-refractivity contribution in [3.05, 3.63) is 65.5 Å². The predicted octanol–water partition coefficient (Wildman–Crippen LogP) is 5.30. The Morgan fingerprint density at radius 3 is 2.37 bits per heavy atom. The van der Waals surface area contributed by atoms with Gasteiger partial charge in [0.2, 0.25) is 0 Å². The fraction of sp³-hybridized carbons (Fsp3) is 0.562. The van der Waals surface area contributed by atoms with Crippen molar-refractivity contribution < 1.29 is 9.59 Å². The number of nitrogens with zero attached hydrogens (tertiary/aromatic N) is 7. The van der Waals surface area contributed by atoms with E-state index < -0.39 is 5.66 Å². The van der Waals surface area contributed by atoms with Crippen LogP contribution in [0.25, 0.3) is 0 Å². The second-order valence-corrected chi connectivity index (χ2v) is 14.0. The maximum Gasteiger partial charge on any atom is 0.276 e. The van der Waals surface area contributed by atoms with Crippen molar-refractivity contribution in [3.63, 3.8) is 0 Å². The highest BCUT2D eigenvalue weighted by Crippen LogP contribution is 2.43. The number of hydrogen-bond donors (Lipinski definition) is 2. The largest absolute Gasteiger partial charge is 0.345 e. The molecular formula is C32H45N9O2. The molecule has 0 aliphatic carbocycles. The number of aliphatic imine (C=N–C) groups is 1. The quantitative estimate of drug-likeness (QED) is 0.310. The third-order valence-electron chi connectivity index (χ3n) is 8.46. The van der Waals surface area contributed by atoms with Gasteiger partial charge in [-0.25, -0.2) is 4.99 Å². The Labute approximate surface area is 254 Å². The zero-order valence-corrected chi connectivity index (χ0v) is 26.7. The van der Waals surface area contributed by atoms with Crippen LogP contribution in [0.15, 0.2) is 47.8 Å². The first-order valence-electron chi connectivity index (χ1n) is 15.0. The van der Waals surface area contributed by atoms with Crippen LogP contribution in [0, 0.1) is 16.7 Å². The molecule has 11 heteroatoms. The van der Waals surface area contributed by atoms with Crippen LogP contribution in [-0.4, -0.2) is 58.7 Å². The summed E-state index contributed by atoms with van der Waals surface area (Å²) < 4.78 is 0. The molecule has 1 aromatic carbocycles. The number of aromatic nitrogens is 6. The molecule has 3 aromatic rings. The highest BCUT2D eigenvalue weighted by Gasteiger charge is 2.48. The van der Waals surface area contributed by atoms with Gasteiger partial charge in [-0.15, -0.1) is 10.2 Å². The number of H-pyrrole nitrogens is 1. The SMILES string of the molecule is CC(CCC1(C)N=C(c2cnccn2)C(=O)N1C(CCC(C)(C)C)c1ccc(C(=O)NCc2nn[nH]n2)cc1)C(C)(C)C. The first kappa shape index (κ1) is 31.9. The highest BCUT2D eigenvalue weighted by molar-refractivity contribution is 6.46. The van der Waals surface area contributed by atoms with E-state index in [9.17, 15) is 9.59 Å². The van der Waals surface area contributed by atoms with Crippen molar-refractivity contribution in [1.82, 2.24) is 40.8 Å². The van der Waals surface area contributed by atoms with Crippen molar-refractivity contribution in [1.29, 1.82) is 0 Å². The number of benzene rings is 1. The normalized spacial score (nSPS) is 18.8. The van der Waals surface area contributed by atoms with Crippen molar-refractivity contribution in [2.24, 2.45) is 21.7 Å². The second-order valence-electron chi connectivity index (χ2n) is 14.0. The summed E-state index contributed by atoms with van der Waals surface area (Å²) in [5, 5.41) is 16.5. The van der Waals surface area contributed by atoms with Crippen LogP contribution in [-0.2, 0) is 11.3 Å². The number of amides is 2. The smallest absolute Gasteiger partial charge is 0.276 e. The molecule has 0 radical (unpaired) electrons. The standard InChI is InChI=1S/C32H45N9O2/c1-21(31(5,6)7)13-16-32(8)36-27(24-19-33-17-18-34-24)29(43)41(32)25(14-15-30(2,3)4)22-9-11-23(12-10-22)28(42)35-20-26-37-39-40-38-26/h9-12,17-19,21,25H,13-16,20H2,1-8H3,(H,35,42)(H,37,38,39,40). The molecule has 3 unspecified atom stereocenters. The number of rotatable bonds is 11. The minimum atomic E-state index is -0.771. The zero-order chi connectivity index (χ0) is 31.4. The Bertz CT molecular complexity index is 1410. The van der Waals surface area contributed by atoms with Gasteiger partial charge in [0.1, 0.15) is 11.4 Å². The lowest BCUT2D eigenvalue weighted by atomic mass is 9.78. The highest BCUT2D eigenvalue weighted by atomic mass is 16.2. The number of aromatic amines is 1. The Hall–Kier alpha value is -4.02. The van der Waals surface area contributed by atoms with Gasteiger partial charge in [0.05, 0.1) is 18.8 Å². The molecule has 1 aliphatic heterocycles. The van der Waals surface area contributed by atoms with Gasteiger partial charge in [-0.2, -0.15) is 5.21 Å². The van der Waals surface area contributed by atoms with E-state index in [1.165, 1.54) is 0 Å². The minimum absolute atomic E-state index is 0.0573. The summed E-state index contributed by atoms with van der Waals surface area (Å²) in [5.74, 6) is 0.440. The Kier molecular flexibility index (Phi) is 9.41. The molecule has 0 saturated carbocycles. The molecule has 1 aliphatic rings. The summed E-state index contributed by atoms with van der Waals surface area (Å²) in [6.07, 6.45) is 8.04. The molecule has 4 rings (SSSR count). The summed E-state index contributed by atoms with van der Waals surface area (Å²) in [6.45, 7) is 17.9. The monoisotopic (exact) mass is 587 g/mol. The van der Waals surface area contributed by atoms with Crippen LogP contribution in [0.2, 0.25) is 0 Å². The maximum absolute atomic E-state index is 14.3. The average molecular weight is 588 g/mol. The van der Waals surface area contributed by atoms with Crippen molar-refractivity contribution in [2.75, 3.05) is 0 Å². The number of carbonyl (C=O) groups excluding carboxylic acids is 2. The number of hydrogen-bond acceptors (Lipinski definition) is 8. The summed E-state index contributed by atoms with van der Waals surface area (Å²) in [5.41, 5.74) is 1.71. The van der Waals surface area contributed by atoms with Crippen LogP contribution in [0.5, 0.6) is 0 Å². The Balaban J connectivity index is 1.68. The molecular weight excluding hydrogens is 542 g/mol. The molecule has 0 saturated heterocycles. The average Bonchev–Trinajstić information content (AvgIpc) is 3.57. The van der Waals surface area contributed by atoms with E-state index in [2.05, 4.69) is 91.3 Å². The van der Waals surface area contributed by atoms with E-state index in [0.29, 0.717) is 35.1 Å². The number of carbonyl (C=O) groups is 2. The van der Waals surface area contributed by atoms with Gasteiger partial charge in [0.15, 0.2) is 11.5 Å². The molecule has 43 heavy (non-hydrogen) atoms. The lowest BCUT2D eigenvalue weighted by molar-refractivity contribution is -0.131. The summed E-state index contributed by atoms with van der Waals surface area (Å²) >= 11 is 0. The van der Waals surface area contributed by atoms with Crippen molar-refractivity contribution in [3.8, 4) is 0 Å². The number of nitrogens with one attached hydrogen (secondary N) is 2. The summed E-state index contributed by atoms with van der Waals surface area (Å²) in [4.78, 5) is 42.8. The van der Waals surface area contributed by atoms with Crippen molar-refractivity contribution in [2.45, 2.75) is 99.3 Å². The van der Waals surface area contributed by atoms with E-state index in [-0.39, 0.29) is 35.2 Å². The molecule has 11 nitrogen and oxygen atoms in total. The van der Waals surface area contributed by atoms with Crippen LogP contribution in [0.1, 0.15) is 115 Å². The van der Waals surface area contributed by atoms with Crippen LogP contribution in [0.4, 0.5) is 0 Å². The number of tetrazole rings is 1. The lowest BCUT2D eigenvalue weighted by Gasteiger charge is -2.41. The summed E-state index contributed by atoms with van der Waals surface area (Å²) in [7, 11) is 0. The lowest BCUT2D eigenvalue weighted by Crippen LogP contribution is -2.47. The Morgan fingerprint density at radius 1 is 1.07 bits per heavy atom. The molecule has 3 heterocycles. The van der Waals surface area contributed by atoms with Gasteiger partial charge in [-0.3, -0.25) is 19.6 Å². The predicted molar refractivity (Wildman–Crippen MR) is 165 cm³/mol. The van der Waals surface area contributed by atoms with Gasteiger partial charge in [0.25, 0.3) is 11.8 Å². The first-order valence-corrected chi connectivity index (χ1v) is 15.0. The van der Waals surface area contributed by atoms with E-state index in [1.807, 2.05) is 17.0 Å². The Morgan fingerprint density at radius 2 is 1.79 bits per heavy atom. The third-order valence-corrected chi connectivity index (χ3v) is 8.46. The first-order chi connectivity index (χ1) is 20.2. The van der Waals surface area contributed by atoms with Gasteiger partial charge >= 0.3 is 0 Å². The molecule has 230 valence electrons. The van der Waals surface area contributed by atoms with E-state index >= 15 is 0 Å². The topological polar surface area (TPSA) is 142 Å². The minimum Gasteiger partial charge on any atom is -0.345 e. The fourth-order valence-electron chi connectivity index (χ4n) is 5.23. The molecule has 0 fully saturated rings. The van der Waals surface area contributed by atoms with Gasteiger partial charge in [-0.1, -0.05) is 65.8 Å². The van der Waals surface area contributed by atoms with Gasteiger partial charge < -0.3 is 10.2 Å². The van der Waals surface area contributed by atoms with E-state index in [1.54, 1.807) is 30.7 Å². The van der Waals surface area contributed by atoms with Gasteiger partial charge in [-0.05, 0) is 67.1 Å². The third kappa shape index (κ3) is 7.88. The van der Waals surface area contributed by atoms with Gasteiger partial charge in [0, 0.05) is 18.0 Å². The molecule has 0 spiro atoms. The maximum atomic E-state index is 14.3. The molecule has 2 amide bonds. The molecule has 2 N–H and O–H groups in total. The van der Waals surface area contributed by atoms with E-state index in [4.69, 9.17) is 4.99 Å². The van der Waals surface area contributed by atoms with Crippen LogP contribution < -0.4 is 5.32 Å². The van der Waals surface area contributed by atoms with Crippen LogP contribution >= 0.6 is 0 Å².